The van der Waals surface area contributed by atoms with Gasteiger partial charge in [0.05, 0.1) is 5.69 Å². The zero-order valence-electron chi connectivity index (χ0n) is 10.8. The molecule has 0 unspecified atom stereocenters. The molecule has 0 radical (unpaired) electrons. The van der Waals surface area contributed by atoms with Crippen molar-refractivity contribution in [3.63, 3.8) is 0 Å². The number of hydrogen-bond donors (Lipinski definition) is 1. The van der Waals surface area contributed by atoms with Crippen LogP contribution >= 0.6 is 11.8 Å². The van der Waals surface area contributed by atoms with E-state index in [4.69, 9.17) is 0 Å². The number of aryl methyl sites for hydroxylation is 1. The van der Waals surface area contributed by atoms with E-state index < -0.39 is 5.97 Å². The number of hydrogen-bond acceptors (Lipinski definition) is 4. The molecule has 0 atom stereocenters. The summed E-state index contributed by atoms with van der Waals surface area (Å²) >= 11 is 1.47. The third-order valence-corrected chi connectivity index (χ3v) is 3.14. The molecule has 1 heterocycles. The molecule has 0 aliphatic rings. The maximum atomic E-state index is 11.2. The molecular formula is C12H18N2O2S. The Morgan fingerprint density at radius 3 is 2.24 bits per heavy atom. The largest absolute Gasteiger partial charge is 0.478 e. The van der Waals surface area contributed by atoms with Crippen LogP contribution in [0.15, 0.2) is 5.03 Å². The summed E-state index contributed by atoms with van der Waals surface area (Å²) in [6, 6.07) is 0. The fourth-order valence-electron chi connectivity index (χ4n) is 1.38. The third-order valence-electron chi connectivity index (χ3n) is 2.15. The Hall–Kier alpha value is -1.10. The molecule has 0 fully saturated rings. The normalized spacial score (nSPS) is 11.2. The molecule has 0 amide bonds. The van der Waals surface area contributed by atoms with E-state index in [1.165, 1.54) is 11.8 Å². The van der Waals surface area contributed by atoms with Gasteiger partial charge in [-0.25, -0.2) is 14.8 Å². The molecule has 0 aliphatic heterocycles. The molecule has 1 aromatic heterocycles. The standard InChI is InChI=1S/C12H18N2O2S/c1-6(2)10-13-8(5)9(12(15)16)11(14-10)17-7(3)4/h6-7H,1-5H3,(H,15,16). The summed E-state index contributed by atoms with van der Waals surface area (Å²) in [7, 11) is 0. The van der Waals surface area contributed by atoms with Gasteiger partial charge in [0.15, 0.2) is 0 Å². The smallest absolute Gasteiger partial charge is 0.340 e. The molecule has 94 valence electrons. The molecule has 0 saturated heterocycles. The van der Waals surface area contributed by atoms with Gasteiger partial charge in [-0.05, 0) is 6.92 Å². The van der Waals surface area contributed by atoms with Crippen LogP contribution in [0, 0.1) is 6.92 Å². The second kappa shape index (κ2) is 5.49. The number of rotatable bonds is 4. The highest BCUT2D eigenvalue weighted by atomic mass is 32.2. The van der Waals surface area contributed by atoms with Gasteiger partial charge in [-0.15, -0.1) is 11.8 Å². The van der Waals surface area contributed by atoms with Crippen LogP contribution < -0.4 is 0 Å². The molecule has 4 nitrogen and oxygen atoms in total. The maximum Gasteiger partial charge on any atom is 0.340 e. The van der Waals surface area contributed by atoms with Crippen molar-refractivity contribution >= 4 is 17.7 Å². The Morgan fingerprint density at radius 1 is 1.24 bits per heavy atom. The first-order valence-corrected chi connectivity index (χ1v) is 6.49. The van der Waals surface area contributed by atoms with E-state index in [1.807, 2.05) is 27.7 Å². The van der Waals surface area contributed by atoms with Gasteiger partial charge in [0, 0.05) is 11.2 Å². The lowest BCUT2D eigenvalue weighted by atomic mass is 10.2. The lowest BCUT2D eigenvalue weighted by Crippen LogP contribution is -2.11. The average Bonchev–Trinajstić information content (AvgIpc) is 2.14. The fourth-order valence-corrected chi connectivity index (χ4v) is 2.33. The number of aromatic carboxylic acids is 1. The second-order valence-electron chi connectivity index (χ2n) is 4.47. The van der Waals surface area contributed by atoms with Gasteiger partial charge in [0.1, 0.15) is 16.4 Å². The van der Waals surface area contributed by atoms with Crippen molar-refractivity contribution in [3.8, 4) is 0 Å². The predicted molar refractivity (Wildman–Crippen MR) is 68.8 cm³/mol. The van der Waals surface area contributed by atoms with Crippen LogP contribution in [0.5, 0.6) is 0 Å². The summed E-state index contributed by atoms with van der Waals surface area (Å²) in [5, 5.41) is 10.1. The zero-order chi connectivity index (χ0) is 13.2. The highest BCUT2D eigenvalue weighted by Gasteiger charge is 2.20. The van der Waals surface area contributed by atoms with E-state index in [-0.39, 0.29) is 11.5 Å². The number of nitrogens with zero attached hydrogens (tertiary/aromatic N) is 2. The predicted octanol–water partition coefficient (Wildman–Crippen LogP) is 3.11. The van der Waals surface area contributed by atoms with Crippen LogP contribution in [0.3, 0.4) is 0 Å². The first kappa shape index (κ1) is 14.0. The van der Waals surface area contributed by atoms with Crippen LogP contribution in [0.2, 0.25) is 0 Å². The van der Waals surface area contributed by atoms with E-state index in [0.717, 1.165) is 0 Å². The number of aromatic nitrogens is 2. The monoisotopic (exact) mass is 254 g/mol. The van der Waals surface area contributed by atoms with E-state index in [1.54, 1.807) is 6.92 Å². The fraction of sp³-hybridized carbons (Fsp3) is 0.583. The van der Waals surface area contributed by atoms with Crippen molar-refractivity contribution in [2.45, 2.75) is 50.8 Å². The van der Waals surface area contributed by atoms with E-state index in [9.17, 15) is 9.90 Å². The van der Waals surface area contributed by atoms with Crippen molar-refractivity contribution in [3.05, 3.63) is 17.1 Å². The Labute approximate surface area is 106 Å². The minimum absolute atomic E-state index is 0.197. The SMILES string of the molecule is Cc1nc(C(C)C)nc(SC(C)C)c1C(=O)O. The molecule has 0 aliphatic carbocycles. The molecule has 1 N–H and O–H groups in total. The molecule has 0 saturated carbocycles. The molecule has 0 bridgehead atoms. The van der Waals surface area contributed by atoms with Gasteiger partial charge in [0.2, 0.25) is 0 Å². The van der Waals surface area contributed by atoms with Crippen molar-refractivity contribution in [1.29, 1.82) is 0 Å². The molecular weight excluding hydrogens is 236 g/mol. The topological polar surface area (TPSA) is 63.1 Å². The van der Waals surface area contributed by atoms with Gasteiger partial charge in [-0.3, -0.25) is 0 Å². The Kier molecular flexibility index (Phi) is 4.51. The number of thioether (sulfide) groups is 1. The Morgan fingerprint density at radius 2 is 1.82 bits per heavy atom. The number of carboxylic acids is 1. The van der Waals surface area contributed by atoms with E-state index in [2.05, 4.69) is 9.97 Å². The molecule has 1 rings (SSSR count). The van der Waals surface area contributed by atoms with Crippen LogP contribution in [-0.4, -0.2) is 26.3 Å². The van der Waals surface area contributed by atoms with E-state index in [0.29, 0.717) is 21.8 Å². The van der Waals surface area contributed by atoms with Gasteiger partial charge in [0.25, 0.3) is 0 Å². The number of carboxylic acid groups (broad SMARTS) is 1. The molecule has 0 aromatic carbocycles. The van der Waals surface area contributed by atoms with Crippen molar-refractivity contribution < 1.29 is 9.90 Å². The lowest BCUT2D eigenvalue weighted by Gasteiger charge is -2.13. The van der Waals surface area contributed by atoms with Gasteiger partial charge in [-0.2, -0.15) is 0 Å². The highest BCUT2D eigenvalue weighted by Crippen LogP contribution is 2.27. The summed E-state index contributed by atoms with van der Waals surface area (Å²) < 4.78 is 0. The zero-order valence-corrected chi connectivity index (χ0v) is 11.6. The van der Waals surface area contributed by atoms with Crippen molar-refractivity contribution in [2.75, 3.05) is 0 Å². The number of carbonyl (C=O) groups is 1. The Bertz CT molecular complexity index is 431. The molecule has 17 heavy (non-hydrogen) atoms. The van der Waals surface area contributed by atoms with Crippen molar-refractivity contribution in [2.24, 2.45) is 0 Å². The molecule has 0 spiro atoms. The quantitative estimate of drug-likeness (QED) is 0.660. The molecule has 1 aromatic rings. The third kappa shape index (κ3) is 3.43. The lowest BCUT2D eigenvalue weighted by molar-refractivity contribution is 0.0690. The first-order valence-electron chi connectivity index (χ1n) is 5.61. The Balaban J connectivity index is 3.34. The maximum absolute atomic E-state index is 11.2. The second-order valence-corrected chi connectivity index (χ2v) is 6.04. The van der Waals surface area contributed by atoms with Crippen LogP contribution in [-0.2, 0) is 0 Å². The summed E-state index contributed by atoms with van der Waals surface area (Å²) in [5.41, 5.74) is 0.771. The summed E-state index contributed by atoms with van der Waals surface area (Å²) in [6.07, 6.45) is 0. The van der Waals surface area contributed by atoms with Crippen LogP contribution in [0.4, 0.5) is 0 Å². The summed E-state index contributed by atoms with van der Waals surface area (Å²) in [4.78, 5) is 19.8. The first-order chi connectivity index (χ1) is 7.82. The van der Waals surface area contributed by atoms with Crippen LogP contribution in [0.25, 0.3) is 0 Å². The average molecular weight is 254 g/mol. The van der Waals surface area contributed by atoms with Gasteiger partial charge < -0.3 is 5.11 Å². The summed E-state index contributed by atoms with van der Waals surface area (Å²) in [6.45, 7) is 9.76. The highest BCUT2D eigenvalue weighted by molar-refractivity contribution is 7.99. The minimum atomic E-state index is -0.957. The van der Waals surface area contributed by atoms with E-state index >= 15 is 0 Å². The minimum Gasteiger partial charge on any atom is -0.478 e. The van der Waals surface area contributed by atoms with Crippen molar-refractivity contribution in [1.82, 2.24) is 9.97 Å². The van der Waals surface area contributed by atoms with Crippen LogP contribution in [0.1, 0.15) is 55.5 Å². The molecule has 5 heteroatoms. The van der Waals surface area contributed by atoms with Gasteiger partial charge in [-0.1, -0.05) is 27.7 Å². The summed E-state index contributed by atoms with van der Waals surface area (Å²) in [5.74, 6) is -0.0559. The van der Waals surface area contributed by atoms with Gasteiger partial charge >= 0.3 is 5.97 Å².